The minimum absolute atomic E-state index is 0.0865. The maximum atomic E-state index is 12.1. The van der Waals surface area contributed by atoms with Gasteiger partial charge in [-0.2, -0.15) is 0 Å². The molecule has 0 radical (unpaired) electrons. The largest absolute Gasteiger partial charge is 0.345 e. The van der Waals surface area contributed by atoms with Crippen molar-refractivity contribution in [1.82, 2.24) is 14.9 Å². The first-order valence-electron chi connectivity index (χ1n) is 5.99. The van der Waals surface area contributed by atoms with Crippen LogP contribution in [-0.4, -0.2) is 15.5 Å². The van der Waals surface area contributed by atoms with Gasteiger partial charge in [0.15, 0.2) is 0 Å². The molecule has 1 aromatic carbocycles. The van der Waals surface area contributed by atoms with Crippen LogP contribution in [0.3, 0.4) is 0 Å². The van der Waals surface area contributed by atoms with E-state index in [1.54, 1.807) is 0 Å². The van der Waals surface area contributed by atoms with Crippen LogP contribution < -0.4 is 5.32 Å². The van der Waals surface area contributed by atoms with Crippen LogP contribution in [0.4, 0.5) is 0 Å². The number of hydrogen-bond acceptors (Lipinski definition) is 4. The average Bonchev–Trinajstić information content (AvgIpc) is 2.87. The highest BCUT2D eigenvalue weighted by atomic mass is 35.5. The molecule has 19 heavy (non-hydrogen) atoms. The Morgan fingerprint density at radius 3 is 2.74 bits per heavy atom. The molecule has 0 bridgehead atoms. The highest BCUT2D eigenvalue weighted by molar-refractivity contribution is 7.08. The second-order valence-electron chi connectivity index (χ2n) is 4.15. The monoisotopic (exact) mass is 295 g/mol. The number of halogens is 1. The maximum absolute atomic E-state index is 12.1. The molecule has 100 valence electrons. The Balaban J connectivity index is 2.08. The van der Waals surface area contributed by atoms with E-state index in [1.807, 2.05) is 38.1 Å². The molecule has 2 rings (SSSR count). The molecule has 2 aromatic rings. The zero-order chi connectivity index (χ0) is 13.8. The van der Waals surface area contributed by atoms with Gasteiger partial charge in [0.1, 0.15) is 4.88 Å². The predicted molar refractivity (Wildman–Crippen MR) is 76.6 cm³/mol. The fraction of sp³-hybridized carbons (Fsp3) is 0.308. The van der Waals surface area contributed by atoms with Crippen molar-refractivity contribution < 1.29 is 4.79 Å². The summed E-state index contributed by atoms with van der Waals surface area (Å²) in [5.41, 5.74) is 1.75. The smallest absolute Gasteiger partial charge is 0.265 e. The lowest BCUT2D eigenvalue weighted by atomic mass is 10.1. The molecule has 4 nitrogen and oxygen atoms in total. The van der Waals surface area contributed by atoms with Crippen LogP contribution in [0.1, 0.15) is 40.8 Å². The number of nitrogens with one attached hydrogen (secondary N) is 1. The summed E-state index contributed by atoms with van der Waals surface area (Å²) >= 11 is 6.97. The Hall–Kier alpha value is -1.46. The van der Waals surface area contributed by atoms with Gasteiger partial charge in [-0.1, -0.05) is 35.1 Å². The van der Waals surface area contributed by atoms with Gasteiger partial charge in [0.2, 0.25) is 0 Å². The minimum Gasteiger partial charge on any atom is -0.345 e. The van der Waals surface area contributed by atoms with Crippen molar-refractivity contribution in [3.8, 4) is 0 Å². The van der Waals surface area contributed by atoms with Gasteiger partial charge in [0.05, 0.1) is 11.7 Å². The van der Waals surface area contributed by atoms with E-state index in [-0.39, 0.29) is 11.9 Å². The number of carbonyl (C=O) groups excluding carboxylic acids is 1. The van der Waals surface area contributed by atoms with Gasteiger partial charge in [-0.25, -0.2) is 0 Å². The van der Waals surface area contributed by atoms with Crippen molar-refractivity contribution in [2.75, 3.05) is 0 Å². The molecule has 1 N–H and O–H groups in total. The van der Waals surface area contributed by atoms with Crippen molar-refractivity contribution in [2.45, 2.75) is 26.3 Å². The van der Waals surface area contributed by atoms with E-state index in [9.17, 15) is 4.79 Å². The summed E-state index contributed by atoms with van der Waals surface area (Å²) in [6.07, 6.45) is 0.703. The molecule has 0 fully saturated rings. The summed E-state index contributed by atoms with van der Waals surface area (Å²) < 4.78 is 3.82. The van der Waals surface area contributed by atoms with E-state index >= 15 is 0 Å². The molecule has 1 heterocycles. The van der Waals surface area contributed by atoms with E-state index in [2.05, 4.69) is 14.9 Å². The fourth-order valence-electron chi connectivity index (χ4n) is 1.71. The van der Waals surface area contributed by atoms with Gasteiger partial charge in [-0.3, -0.25) is 4.79 Å². The van der Waals surface area contributed by atoms with Gasteiger partial charge < -0.3 is 5.32 Å². The molecule has 1 atom stereocenters. The van der Waals surface area contributed by atoms with E-state index in [0.29, 0.717) is 16.3 Å². The molecule has 6 heteroatoms. The number of amides is 1. The number of benzene rings is 1. The van der Waals surface area contributed by atoms with Gasteiger partial charge in [0, 0.05) is 5.02 Å². The van der Waals surface area contributed by atoms with Crippen LogP contribution in [0, 0.1) is 0 Å². The van der Waals surface area contributed by atoms with Gasteiger partial charge >= 0.3 is 0 Å². The molecule has 0 aliphatic rings. The second kappa shape index (κ2) is 6.12. The number of aromatic nitrogens is 2. The van der Waals surface area contributed by atoms with Gasteiger partial charge in [-0.15, -0.1) is 5.10 Å². The minimum atomic E-state index is -0.130. The van der Waals surface area contributed by atoms with Crippen LogP contribution in [0.5, 0.6) is 0 Å². The van der Waals surface area contributed by atoms with Crippen LogP contribution in [0.15, 0.2) is 24.3 Å². The fourth-order valence-corrected chi connectivity index (χ4v) is 2.49. The Bertz CT molecular complexity index is 568. The van der Waals surface area contributed by atoms with Crippen LogP contribution in [-0.2, 0) is 6.42 Å². The Morgan fingerprint density at radius 2 is 2.11 bits per heavy atom. The number of rotatable bonds is 4. The van der Waals surface area contributed by atoms with Gasteiger partial charge in [-0.05, 0) is 42.6 Å². The first kappa shape index (κ1) is 14.0. The summed E-state index contributed by atoms with van der Waals surface area (Å²) in [5.74, 6) is -0.130. The molecule has 0 saturated heterocycles. The van der Waals surface area contributed by atoms with E-state index in [4.69, 9.17) is 11.6 Å². The molecule has 0 aliphatic heterocycles. The molecule has 1 amide bonds. The molecular weight excluding hydrogens is 282 g/mol. The third-order valence-corrected chi connectivity index (χ3v) is 3.83. The molecule has 0 saturated carbocycles. The third-order valence-electron chi connectivity index (χ3n) is 2.81. The molecule has 1 aromatic heterocycles. The second-order valence-corrected chi connectivity index (χ2v) is 5.34. The highest BCUT2D eigenvalue weighted by Gasteiger charge is 2.17. The highest BCUT2D eigenvalue weighted by Crippen LogP contribution is 2.18. The number of aryl methyl sites for hydroxylation is 1. The summed E-state index contributed by atoms with van der Waals surface area (Å²) in [6.45, 7) is 3.89. The van der Waals surface area contributed by atoms with E-state index in [0.717, 1.165) is 22.8 Å². The predicted octanol–water partition coefficient (Wildman–Crippen LogP) is 3.24. The summed E-state index contributed by atoms with van der Waals surface area (Å²) in [6, 6.07) is 7.34. The van der Waals surface area contributed by atoms with E-state index < -0.39 is 0 Å². The standard InChI is InChI=1S/C13H14ClN3OS/c1-3-11-12(19-17-16-11)13(18)15-8(2)9-4-6-10(14)7-5-9/h4-8H,3H2,1-2H3,(H,15,18)/t8-/m1/s1. The third kappa shape index (κ3) is 3.30. The number of hydrogen-bond donors (Lipinski definition) is 1. The van der Waals surface area contributed by atoms with Gasteiger partial charge in [0.25, 0.3) is 5.91 Å². The molecular formula is C13H14ClN3OS. The van der Waals surface area contributed by atoms with Crippen molar-refractivity contribution in [2.24, 2.45) is 0 Å². The molecule has 0 aliphatic carbocycles. The molecule has 0 spiro atoms. The SMILES string of the molecule is CCc1nnsc1C(=O)N[C@H](C)c1ccc(Cl)cc1. The quantitative estimate of drug-likeness (QED) is 0.942. The van der Waals surface area contributed by atoms with Crippen LogP contribution >= 0.6 is 23.1 Å². The molecule has 0 unspecified atom stereocenters. The Kier molecular flexibility index (Phi) is 4.50. The maximum Gasteiger partial charge on any atom is 0.265 e. The van der Waals surface area contributed by atoms with Crippen molar-refractivity contribution in [1.29, 1.82) is 0 Å². The first-order chi connectivity index (χ1) is 9.11. The lowest BCUT2D eigenvalue weighted by Gasteiger charge is -2.13. The summed E-state index contributed by atoms with van der Waals surface area (Å²) in [7, 11) is 0. The lowest BCUT2D eigenvalue weighted by Crippen LogP contribution is -2.26. The first-order valence-corrected chi connectivity index (χ1v) is 7.14. The van der Waals surface area contributed by atoms with Crippen LogP contribution in [0.2, 0.25) is 5.02 Å². The Labute approximate surface area is 121 Å². The van der Waals surface area contributed by atoms with Crippen molar-refractivity contribution >= 4 is 29.0 Å². The van der Waals surface area contributed by atoms with Crippen LogP contribution in [0.25, 0.3) is 0 Å². The Morgan fingerprint density at radius 1 is 1.42 bits per heavy atom. The van der Waals surface area contributed by atoms with Crippen molar-refractivity contribution in [3.63, 3.8) is 0 Å². The summed E-state index contributed by atoms with van der Waals surface area (Å²) in [4.78, 5) is 12.7. The summed E-state index contributed by atoms with van der Waals surface area (Å²) in [5, 5.41) is 7.56. The van der Waals surface area contributed by atoms with Crippen molar-refractivity contribution in [3.05, 3.63) is 45.4 Å². The zero-order valence-electron chi connectivity index (χ0n) is 10.7. The normalized spacial score (nSPS) is 12.2. The number of carbonyl (C=O) groups is 1. The topological polar surface area (TPSA) is 54.9 Å². The lowest BCUT2D eigenvalue weighted by molar-refractivity contribution is 0.0943. The zero-order valence-corrected chi connectivity index (χ0v) is 12.3. The van der Waals surface area contributed by atoms with E-state index in [1.165, 1.54) is 0 Å². The average molecular weight is 296 g/mol. The number of nitrogens with zero attached hydrogens (tertiary/aromatic N) is 2.